The quantitative estimate of drug-likeness (QED) is 0.742. The van der Waals surface area contributed by atoms with Gasteiger partial charge in [0.05, 0.1) is 16.9 Å². The minimum atomic E-state index is -1.00. The molecule has 5 heteroatoms. The second kappa shape index (κ2) is 3.98. The molecule has 0 bridgehead atoms. The first-order valence-electron chi connectivity index (χ1n) is 5.74. The number of fused-ring (bicyclic) bond motifs is 1. The van der Waals surface area contributed by atoms with Gasteiger partial charge in [0.15, 0.2) is 0 Å². The zero-order chi connectivity index (χ0) is 13.6. The third-order valence-corrected chi connectivity index (χ3v) is 3.20. The average Bonchev–Trinajstić information content (AvgIpc) is 2.95. The molecule has 19 heavy (non-hydrogen) atoms. The Morgan fingerprint density at radius 3 is 2.74 bits per heavy atom. The fraction of sp³-hybridized carbons (Fsp3) is 0.0714. The van der Waals surface area contributed by atoms with E-state index in [1.54, 1.807) is 12.1 Å². The van der Waals surface area contributed by atoms with Crippen LogP contribution >= 0.6 is 0 Å². The van der Waals surface area contributed by atoms with E-state index < -0.39 is 5.97 Å². The molecule has 0 aliphatic carbocycles. The van der Waals surface area contributed by atoms with E-state index in [0.717, 1.165) is 16.6 Å². The number of nitrogens with one attached hydrogen (secondary N) is 1. The fourth-order valence-electron chi connectivity index (χ4n) is 2.23. The second-order valence-corrected chi connectivity index (χ2v) is 4.38. The summed E-state index contributed by atoms with van der Waals surface area (Å²) in [6.45, 7) is 0. The van der Waals surface area contributed by atoms with Crippen LogP contribution in [0.15, 0.2) is 36.4 Å². The van der Waals surface area contributed by atoms with E-state index in [2.05, 4.69) is 4.98 Å². The Morgan fingerprint density at radius 2 is 2.05 bits per heavy atom. The van der Waals surface area contributed by atoms with Gasteiger partial charge >= 0.3 is 5.97 Å². The monoisotopic (exact) mass is 258 g/mol. The Hall–Kier alpha value is -2.56. The first-order chi connectivity index (χ1) is 9.06. The topological polar surface area (TPSA) is 58.0 Å². The molecule has 0 amide bonds. The lowest BCUT2D eigenvalue weighted by Crippen LogP contribution is -1.96. The summed E-state index contributed by atoms with van der Waals surface area (Å²) in [4.78, 5) is 13.7. The first kappa shape index (κ1) is 11.5. The number of nitrogens with zero attached hydrogens (tertiary/aromatic N) is 1. The van der Waals surface area contributed by atoms with Gasteiger partial charge in [-0.2, -0.15) is 0 Å². The lowest BCUT2D eigenvalue weighted by atomic mass is 10.2. The number of aromatic carboxylic acids is 1. The number of hydrogen-bond acceptors (Lipinski definition) is 1. The molecule has 96 valence electrons. The van der Waals surface area contributed by atoms with E-state index in [9.17, 15) is 9.18 Å². The standard InChI is InChI=1S/C14H11FN2O2/c1-17-12-7-9(15)3-2-8(12)6-13(17)10-4-5-11(16-10)14(18)19/h2-7,16H,1H3,(H,18,19). The van der Waals surface area contributed by atoms with Crippen LogP contribution in [0.4, 0.5) is 4.39 Å². The zero-order valence-corrected chi connectivity index (χ0v) is 10.1. The largest absolute Gasteiger partial charge is 0.477 e. The van der Waals surface area contributed by atoms with Gasteiger partial charge in [-0.3, -0.25) is 0 Å². The highest BCUT2D eigenvalue weighted by Gasteiger charge is 2.12. The lowest BCUT2D eigenvalue weighted by molar-refractivity contribution is 0.0691. The second-order valence-electron chi connectivity index (χ2n) is 4.38. The van der Waals surface area contributed by atoms with E-state index in [1.165, 1.54) is 18.2 Å². The molecule has 4 nitrogen and oxygen atoms in total. The highest BCUT2D eigenvalue weighted by molar-refractivity contribution is 5.89. The number of rotatable bonds is 2. The third-order valence-electron chi connectivity index (χ3n) is 3.20. The van der Waals surface area contributed by atoms with Crippen LogP contribution in [0.5, 0.6) is 0 Å². The summed E-state index contributed by atoms with van der Waals surface area (Å²) in [6.07, 6.45) is 0. The average molecular weight is 258 g/mol. The van der Waals surface area contributed by atoms with Crippen LogP contribution in [-0.2, 0) is 7.05 Å². The summed E-state index contributed by atoms with van der Waals surface area (Å²) >= 11 is 0. The number of carboxylic acid groups (broad SMARTS) is 1. The van der Waals surface area contributed by atoms with Gasteiger partial charge in [-0.15, -0.1) is 0 Å². The van der Waals surface area contributed by atoms with Crippen LogP contribution in [0.3, 0.4) is 0 Å². The molecule has 2 aromatic heterocycles. The van der Waals surface area contributed by atoms with Crippen molar-refractivity contribution in [1.82, 2.24) is 9.55 Å². The van der Waals surface area contributed by atoms with Crippen molar-refractivity contribution in [2.24, 2.45) is 7.05 Å². The van der Waals surface area contributed by atoms with Gasteiger partial charge < -0.3 is 14.7 Å². The van der Waals surface area contributed by atoms with Crippen LogP contribution in [0.1, 0.15) is 10.5 Å². The maximum atomic E-state index is 13.2. The summed E-state index contributed by atoms with van der Waals surface area (Å²) in [7, 11) is 1.82. The summed E-state index contributed by atoms with van der Waals surface area (Å²) in [5.41, 5.74) is 2.40. The van der Waals surface area contributed by atoms with Crippen LogP contribution in [-0.4, -0.2) is 20.6 Å². The van der Waals surface area contributed by atoms with Gasteiger partial charge in [-0.25, -0.2) is 9.18 Å². The number of carbonyl (C=O) groups is 1. The minimum Gasteiger partial charge on any atom is -0.477 e. The number of aromatic amines is 1. The normalized spacial score (nSPS) is 11.1. The van der Waals surface area contributed by atoms with E-state index in [4.69, 9.17) is 5.11 Å². The lowest BCUT2D eigenvalue weighted by Gasteiger charge is -2.02. The van der Waals surface area contributed by atoms with Gasteiger partial charge in [-0.1, -0.05) is 0 Å². The molecule has 2 N–H and O–H groups in total. The highest BCUT2D eigenvalue weighted by atomic mass is 19.1. The number of aryl methyl sites for hydroxylation is 1. The van der Waals surface area contributed by atoms with Crippen LogP contribution in [0, 0.1) is 5.82 Å². The van der Waals surface area contributed by atoms with E-state index in [-0.39, 0.29) is 11.5 Å². The molecular weight excluding hydrogens is 247 g/mol. The molecule has 0 aliphatic heterocycles. The van der Waals surface area contributed by atoms with Crippen molar-refractivity contribution in [3.63, 3.8) is 0 Å². The Kier molecular flexibility index (Phi) is 2.41. The van der Waals surface area contributed by atoms with Crippen LogP contribution < -0.4 is 0 Å². The molecule has 0 spiro atoms. The number of hydrogen-bond donors (Lipinski definition) is 2. The Labute approximate surface area is 108 Å². The Balaban J connectivity index is 2.19. The molecule has 0 radical (unpaired) electrons. The molecule has 3 rings (SSSR count). The van der Waals surface area contributed by atoms with Gasteiger partial charge in [0.25, 0.3) is 0 Å². The predicted octanol–water partition coefficient (Wildman–Crippen LogP) is 3.01. The summed E-state index contributed by atoms with van der Waals surface area (Å²) in [6, 6.07) is 9.68. The molecular formula is C14H11FN2O2. The van der Waals surface area contributed by atoms with Crippen LogP contribution in [0.25, 0.3) is 22.3 Å². The number of H-pyrrole nitrogens is 1. The SMILES string of the molecule is Cn1c(-c2ccc(C(=O)O)[nH]2)cc2ccc(F)cc21. The third kappa shape index (κ3) is 1.79. The van der Waals surface area contributed by atoms with E-state index in [0.29, 0.717) is 5.69 Å². The van der Waals surface area contributed by atoms with Gasteiger partial charge in [0.1, 0.15) is 11.5 Å². The maximum absolute atomic E-state index is 13.2. The van der Waals surface area contributed by atoms with Crippen molar-refractivity contribution < 1.29 is 14.3 Å². The van der Waals surface area contributed by atoms with Crippen molar-refractivity contribution in [3.8, 4) is 11.4 Å². The maximum Gasteiger partial charge on any atom is 0.352 e. The van der Waals surface area contributed by atoms with Crippen molar-refractivity contribution in [3.05, 3.63) is 47.9 Å². The fourth-order valence-corrected chi connectivity index (χ4v) is 2.23. The van der Waals surface area contributed by atoms with Gasteiger partial charge in [0.2, 0.25) is 0 Å². The molecule has 0 saturated heterocycles. The highest BCUT2D eigenvalue weighted by Crippen LogP contribution is 2.27. The summed E-state index contributed by atoms with van der Waals surface area (Å²) in [5.74, 6) is -1.30. The Morgan fingerprint density at radius 1 is 1.26 bits per heavy atom. The molecule has 0 atom stereocenters. The number of carboxylic acids is 1. The van der Waals surface area contributed by atoms with Crippen molar-refractivity contribution in [2.75, 3.05) is 0 Å². The van der Waals surface area contributed by atoms with E-state index >= 15 is 0 Å². The first-order valence-corrected chi connectivity index (χ1v) is 5.74. The Bertz CT molecular complexity index is 786. The van der Waals surface area contributed by atoms with Crippen molar-refractivity contribution in [1.29, 1.82) is 0 Å². The van der Waals surface area contributed by atoms with Gasteiger partial charge in [-0.05, 0) is 36.4 Å². The molecule has 0 unspecified atom stereocenters. The summed E-state index contributed by atoms with van der Waals surface area (Å²) < 4.78 is 15.1. The number of halogens is 1. The van der Waals surface area contributed by atoms with Gasteiger partial charge in [0, 0.05) is 12.4 Å². The van der Waals surface area contributed by atoms with Crippen molar-refractivity contribution >= 4 is 16.9 Å². The smallest absolute Gasteiger partial charge is 0.352 e. The summed E-state index contributed by atoms with van der Waals surface area (Å²) in [5, 5.41) is 9.81. The van der Waals surface area contributed by atoms with E-state index in [1.807, 2.05) is 17.7 Å². The zero-order valence-electron chi connectivity index (χ0n) is 10.1. The molecule has 0 fully saturated rings. The van der Waals surface area contributed by atoms with Crippen LogP contribution in [0.2, 0.25) is 0 Å². The predicted molar refractivity (Wildman–Crippen MR) is 69.6 cm³/mol. The molecule has 0 saturated carbocycles. The minimum absolute atomic E-state index is 0.131. The number of aromatic nitrogens is 2. The number of benzene rings is 1. The van der Waals surface area contributed by atoms with Crippen molar-refractivity contribution in [2.45, 2.75) is 0 Å². The molecule has 2 heterocycles. The molecule has 3 aromatic rings. The molecule has 1 aromatic carbocycles. The molecule has 0 aliphatic rings.